The molecule has 65 heavy (non-hydrogen) atoms. The third-order valence-electron chi connectivity index (χ3n) is 13.7. The minimum atomic E-state index is -4.29. The molecule has 1 aliphatic carbocycles. The Kier molecular flexibility index (Phi) is 13.2. The first-order valence-electron chi connectivity index (χ1n) is 23.0. The molecule has 3 saturated heterocycles. The lowest BCUT2D eigenvalue weighted by Crippen LogP contribution is -2.51. The highest BCUT2D eigenvalue weighted by atomic mass is 19.4. The first kappa shape index (κ1) is 45.0. The lowest BCUT2D eigenvalue weighted by atomic mass is 9.93. The van der Waals surface area contributed by atoms with E-state index in [1.165, 1.54) is 17.1 Å². The number of amides is 2. The molecule has 9 rings (SSSR count). The maximum atomic E-state index is 13.1. The maximum Gasteiger partial charge on any atom is 0.391 e. The Morgan fingerprint density at radius 3 is 2.34 bits per heavy atom. The molecule has 1 saturated carbocycles. The number of benzene rings is 2. The van der Waals surface area contributed by atoms with Crippen LogP contribution in [0, 0.1) is 0 Å². The van der Waals surface area contributed by atoms with Gasteiger partial charge in [-0.15, -0.1) is 0 Å². The Morgan fingerprint density at radius 1 is 0.908 bits per heavy atom. The van der Waals surface area contributed by atoms with Crippen LogP contribution in [0.4, 0.5) is 19.1 Å². The number of piperidine rings is 1. The molecule has 0 radical (unpaired) electrons. The molecule has 6 heterocycles. The fraction of sp³-hybridized carbons (Fsp3) is 0.553. The van der Waals surface area contributed by atoms with E-state index in [4.69, 9.17) is 9.72 Å². The van der Waals surface area contributed by atoms with Crippen molar-refractivity contribution in [1.82, 2.24) is 43.7 Å². The van der Waals surface area contributed by atoms with Crippen molar-refractivity contribution in [3.8, 4) is 11.1 Å². The minimum absolute atomic E-state index is 0.127. The molecule has 0 bridgehead atoms. The molecule has 1 unspecified atom stereocenters. The molecule has 3 aliphatic heterocycles. The number of imidazole rings is 1. The van der Waals surface area contributed by atoms with Gasteiger partial charge in [0.05, 0.1) is 29.7 Å². The summed E-state index contributed by atoms with van der Waals surface area (Å²) in [6.45, 7) is 10.5. The summed E-state index contributed by atoms with van der Waals surface area (Å²) in [6.07, 6.45) is 2.90. The highest BCUT2D eigenvalue weighted by Gasteiger charge is 2.33. The number of hydrogen-bond donors (Lipinski definition) is 3. The summed E-state index contributed by atoms with van der Waals surface area (Å²) in [5.41, 5.74) is 6.20. The molecule has 2 aromatic carbocycles. The van der Waals surface area contributed by atoms with E-state index in [-0.39, 0.29) is 42.2 Å². The highest BCUT2D eigenvalue weighted by Crippen LogP contribution is 2.37. The third kappa shape index (κ3) is 10.3. The topological polar surface area (TPSA) is 155 Å². The van der Waals surface area contributed by atoms with Gasteiger partial charge in [0, 0.05) is 114 Å². The van der Waals surface area contributed by atoms with E-state index in [1.54, 1.807) is 17.8 Å². The van der Waals surface area contributed by atoms with Crippen molar-refractivity contribution in [2.45, 2.75) is 108 Å². The number of aliphatic hydroxyl groups is 1. The number of nitrogens with one attached hydrogen (secondary N) is 2. The number of aryl methyl sites for hydroxylation is 1. The number of carbonyl (C=O) groups excluding carboxylic acids is 2. The molecule has 0 spiro atoms. The van der Waals surface area contributed by atoms with Gasteiger partial charge in [0.15, 0.2) is 0 Å². The summed E-state index contributed by atoms with van der Waals surface area (Å²) in [5.74, 6) is -0.568. The van der Waals surface area contributed by atoms with Gasteiger partial charge in [-0.05, 0) is 74.3 Å². The van der Waals surface area contributed by atoms with Gasteiger partial charge in [-0.3, -0.25) is 33.8 Å². The van der Waals surface area contributed by atoms with E-state index in [2.05, 4.69) is 65.3 Å². The van der Waals surface area contributed by atoms with Gasteiger partial charge in [-0.1, -0.05) is 30.3 Å². The summed E-state index contributed by atoms with van der Waals surface area (Å²) in [5, 5.41) is 16.2. The number of halogens is 3. The molecule has 15 nitrogen and oxygen atoms in total. The standard InChI is InChI=1S/C47H59F3N10O5/c1-30(23-47(48,49)50)52-45-51-24-37-38(29-59(43(37)54-45)34-9-11-35(61)12-10-34)33-7-4-31(5-8-33)25-57-19-17-56(18-20-57)16-3-21-65-36-27-58(28-36)26-32-6-13-39-41(22-32)55(2)46(64)60(39)40-14-15-42(62)53-44(40)63/h4-8,13,22,24,29-30,34-36,40,61H,3,9-12,14-21,23,25-28H2,1-2H3,(H,51,52,54)(H,53,62,63)/t30-,34-,35-,40?/m1/s1. The second-order valence-electron chi connectivity index (χ2n) is 18.6. The van der Waals surface area contributed by atoms with E-state index in [1.807, 2.05) is 18.2 Å². The van der Waals surface area contributed by atoms with Crippen molar-refractivity contribution in [1.29, 1.82) is 0 Å². The normalized spacial score (nSPS) is 22.4. The number of alkyl halides is 3. The number of piperazine rings is 1. The number of anilines is 1. The van der Waals surface area contributed by atoms with Crippen LogP contribution in [0.5, 0.6) is 0 Å². The van der Waals surface area contributed by atoms with Gasteiger partial charge in [0.25, 0.3) is 0 Å². The number of carbonyl (C=O) groups is 2. The van der Waals surface area contributed by atoms with Crippen molar-refractivity contribution in [2.24, 2.45) is 7.05 Å². The summed E-state index contributed by atoms with van der Waals surface area (Å²) in [6, 6.07) is 13.1. The lowest BCUT2D eigenvalue weighted by molar-refractivity contribution is -0.137. The van der Waals surface area contributed by atoms with Crippen molar-refractivity contribution in [2.75, 3.05) is 57.7 Å². The van der Waals surface area contributed by atoms with Gasteiger partial charge in [-0.25, -0.2) is 9.78 Å². The number of nitrogens with zero attached hydrogens (tertiary/aromatic N) is 8. The predicted octanol–water partition coefficient (Wildman–Crippen LogP) is 5.37. The van der Waals surface area contributed by atoms with Crippen LogP contribution in [0.25, 0.3) is 33.2 Å². The minimum Gasteiger partial charge on any atom is -0.393 e. The smallest absolute Gasteiger partial charge is 0.391 e. The Hall–Kier alpha value is -5.14. The predicted molar refractivity (Wildman–Crippen MR) is 240 cm³/mol. The number of hydrogen-bond acceptors (Lipinski definition) is 11. The molecule has 4 fully saturated rings. The first-order valence-corrected chi connectivity index (χ1v) is 23.0. The average Bonchev–Trinajstić information content (AvgIpc) is 3.75. The van der Waals surface area contributed by atoms with E-state index in [0.29, 0.717) is 30.4 Å². The molecule has 2 amide bonds. The molecule has 348 valence electrons. The van der Waals surface area contributed by atoms with Crippen molar-refractivity contribution >= 4 is 39.8 Å². The van der Waals surface area contributed by atoms with Gasteiger partial charge in [-0.2, -0.15) is 18.2 Å². The first-order chi connectivity index (χ1) is 31.2. The van der Waals surface area contributed by atoms with Gasteiger partial charge in [0.1, 0.15) is 11.7 Å². The largest absolute Gasteiger partial charge is 0.393 e. The summed E-state index contributed by atoms with van der Waals surface area (Å²) in [4.78, 5) is 53.8. The zero-order valence-electron chi connectivity index (χ0n) is 37.1. The van der Waals surface area contributed by atoms with Crippen LogP contribution < -0.4 is 16.3 Å². The zero-order valence-corrected chi connectivity index (χ0v) is 37.1. The zero-order chi connectivity index (χ0) is 45.4. The fourth-order valence-electron chi connectivity index (χ4n) is 10.1. The van der Waals surface area contributed by atoms with Crippen LogP contribution in [0.15, 0.2) is 59.7 Å². The molecule has 4 aliphatic rings. The molecule has 5 aromatic rings. The van der Waals surface area contributed by atoms with Crippen LogP contribution in [-0.2, 0) is 34.5 Å². The number of likely N-dealkylation sites (tertiary alicyclic amines) is 1. The van der Waals surface area contributed by atoms with Gasteiger partial charge < -0.3 is 24.6 Å². The molecule has 3 aromatic heterocycles. The van der Waals surface area contributed by atoms with E-state index < -0.39 is 30.6 Å². The number of aromatic nitrogens is 5. The Balaban J connectivity index is 0.714. The Morgan fingerprint density at radius 2 is 1.62 bits per heavy atom. The fourth-order valence-corrected chi connectivity index (χ4v) is 10.1. The second-order valence-corrected chi connectivity index (χ2v) is 18.6. The van der Waals surface area contributed by atoms with E-state index >= 15 is 0 Å². The van der Waals surface area contributed by atoms with Gasteiger partial charge >= 0.3 is 11.9 Å². The molecule has 3 N–H and O–H groups in total. The maximum absolute atomic E-state index is 13.1. The number of imide groups is 1. The lowest BCUT2D eigenvalue weighted by Gasteiger charge is -2.39. The van der Waals surface area contributed by atoms with E-state index in [9.17, 15) is 32.7 Å². The average molecular weight is 901 g/mol. The quantitative estimate of drug-likeness (QED) is 0.0919. The van der Waals surface area contributed by atoms with Crippen molar-refractivity contribution < 1.29 is 32.6 Å². The summed E-state index contributed by atoms with van der Waals surface area (Å²) < 4.78 is 50.6. The Labute approximate surface area is 375 Å². The van der Waals surface area contributed by atoms with Crippen LogP contribution in [-0.4, -0.2) is 132 Å². The second kappa shape index (κ2) is 19.0. The molecular weight excluding hydrogens is 842 g/mol. The SMILES string of the molecule is C[C@H](CC(F)(F)F)Nc1ncc2c(-c3ccc(CN4CCN(CCCOC5CN(Cc6ccc7c(c6)n(C)c(=O)n7C6CCC(=O)NC6=O)C5)CC4)cc3)cn([C@H]3CC[C@H](O)CC3)c2n1. The number of fused-ring (bicyclic) bond motifs is 2. The van der Waals surface area contributed by atoms with Crippen LogP contribution in [0.3, 0.4) is 0 Å². The van der Waals surface area contributed by atoms with Crippen molar-refractivity contribution in [3.63, 3.8) is 0 Å². The summed E-state index contributed by atoms with van der Waals surface area (Å²) >= 11 is 0. The van der Waals surface area contributed by atoms with Crippen LogP contribution in [0.1, 0.15) is 81.5 Å². The highest BCUT2D eigenvalue weighted by molar-refractivity contribution is 6.00. The van der Waals surface area contributed by atoms with Crippen LogP contribution in [0.2, 0.25) is 0 Å². The van der Waals surface area contributed by atoms with E-state index in [0.717, 1.165) is 112 Å². The monoisotopic (exact) mass is 900 g/mol. The van der Waals surface area contributed by atoms with Crippen molar-refractivity contribution in [3.05, 3.63) is 76.5 Å². The third-order valence-corrected chi connectivity index (χ3v) is 13.7. The number of ether oxygens (including phenoxy) is 1. The van der Waals surface area contributed by atoms with Gasteiger partial charge in [0.2, 0.25) is 17.8 Å². The molecule has 18 heteroatoms. The molecule has 2 atom stereocenters. The summed E-state index contributed by atoms with van der Waals surface area (Å²) in [7, 11) is 1.71. The van der Waals surface area contributed by atoms with Crippen LogP contribution >= 0.6 is 0 Å². The Bertz CT molecular complexity index is 2550. The molecular formula is C47H59F3N10O5. The number of rotatable bonds is 15. The number of aliphatic hydroxyl groups excluding tert-OH is 1.